The van der Waals surface area contributed by atoms with Gasteiger partial charge in [-0.2, -0.15) is 8.42 Å². The SMILES string of the molecule is O=S(=O)(O)O.c1ccc(COCc2ccccc2)cc1. The molecular formula is C14H16O5S. The molecule has 0 atom stereocenters. The lowest BCUT2D eigenvalue weighted by Crippen LogP contribution is -1.93. The van der Waals surface area contributed by atoms with E-state index in [-0.39, 0.29) is 0 Å². The van der Waals surface area contributed by atoms with Crippen molar-refractivity contribution >= 4 is 10.4 Å². The average molecular weight is 296 g/mol. The third-order valence-electron chi connectivity index (χ3n) is 2.22. The predicted octanol–water partition coefficient (Wildman–Crippen LogP) is 2.75. The molecule has 0 unspecified atom stereocenters. The second-order valence-electron chi connectivity index (χ2n) is 3.91. The summed E-state index contributed by atoms with van der Waals surface area (Å²) in [6.45, 7) is 1.35. The Kier molecular flexibility index (Phi) is 6.89. The second kappa shape index (κ2) is 8.44. The van der Waals surface area contributed by atoms with Gasteiger partial charge in [0.15, 0.2) is 0 Å². The summed E-state index contributed by atoms with van der Waals surface area (Å²) in [4.78, 5) is 0. The Morgan fingerprint density at radius 2 is 1.05 bits per heavy atom. The van der Waals surface area contributed by atoms with Crippen LogP contribution in [0, 0.1) is 0 Å². The molecule has 0 aliphatic carbocycles. The van der Waals surface area contributed by atoms with E-state index < -0.39 is 10.4 Å². The normalized spacial score (nSPS) is 10.5. The second-order valence-corrected chi connectivity index (χ2v) is 4.81. The van der Waals surface area contributed by atoms with Crippen LogP contribution in [0.1, 0.15) is 11.1 Å². The zero-order valence-corrected chi connectivity index (χ0v) is 11.5. The van der Waals surface area contributed by atoms with Crippen LogP contribution < -0.4 is 0 Å². The van der Waals surface area contributed by atoms with E-state index in [1.165, 1.54) is 11.1 Å². The number of hydrogen-bond acceptors (Lipinski definition) is 3. The monoisotopic (exact) mass is 296 g/mol. The van der Waals surface area contributed by atoms with Crippen LogP contribution in [0.5, 0.6) is 0 Å². The summed E-state index contributed by atoms with van der Waals surface area (Å²) in [6.07, 6.45) is 0. The molecule has 108 valence electrons. The summed E-state index contributed by atoms with van der Waals surface area (Å²) < 4.78 is 37.2. The molecule has 0 radical (unpaired) electrons. The van der Waals surface area contributed by atoms with E-state index in [0.29, 0.717) is 13.2 Å². The molecule has 0 aliphatic rings. The Morgan fingerprint density at radius 3 is 1.35 bits per heavy atom. The van der Waals surface area contributed by atoms with E-state index in [2.05, 4.69) is 24.3 Å². The lowest BCUT2D eigenvalue weighted by Gasteiger charge is -2.03. The topological polar surface area (TPSA) is 83.8 Å². The van der Waals surface area contributed by atoms with Crippen molar-refractivity contribution in [3.8, 4) is 0 Å². The number of benzene rings is 2. The van der Waals surface area contributed by atoms with Gasteiger partial charge in [-0.05, 0) is 11.1 Å². The van der Waals surface area contributed by atoms with Crippen LogP contribution in [0.2, 0.25) is 0 Å². The molecule has 0 spiro atoms. The average Bonchev–Trinajstić information content (AvgIpc) is 2.39. The van der Waals surface area contributed by atoms with Crippen molar-refractivity contribution in [2.24, 2.45) is 0 Å². The quantitative estimate of drug-likeness (QED) is 0.848. The van der Waals surface area contributed by atoms with Crippen molar-refractivity contribution in [3.63, 3.8) is 0 Å². The van der Waals surface area contributed by atoms with E-state index in [9.17, 15) is 0 Å². The fourth-order valence-electron chi connectivity index (χ4n) is 1.44. The molecule has 5 nitrogen and oxygen atoms in total. The third kappa shape index (κ3) is 9.23. The van der Waals surface area contributed by atoms with Gasteiger partial charge in [0.25, 0.3) is 0 Å². The maximum absolute atomic E-state index is 8.74. The Balaban J connectivity index is 0.000000347. The Hall–Kier alpha value is -1.73. The van der Waals surface area contributed by atoms with Crippen molar-refractivity contribution in [3.05, 3.63) is 71.8 Å². The van der Waals surface area contributed by atoms with Gasteiger partial charge in [-0.15, -0.1) is 0 Å². The fraction of sp³-hybridized carbons (Fsp3) is 0.143. The van der Waals surface area contributed by atoms with Gasteiger partial charge < -0.3 is 4.74 Å². The van der Waals surface area contributed by atoms with Gasteiger partial charge in [0.2, 0.25) is 0 Å². The summed E-state index contributed by atoms with van der Waals surface area (Å²) in [7, 11) is -4.67. The van der Waals surface area contributed by atoms with Crippen LogP contribution in [0.4, 0.5) is 0 Å². The zero-order chi connectivity index (χ0) is 14.8. The smallest absolute Gasteiger partial charge is 0.372 e. The van der Waals surface area contributed by atoms with Crippen molar-refractivity contribution < 1.29 is 22.3 Å². The van der Waals surface area contributed by atoms with Crippen LogP contribution in [0.15, 0.2) is 60.7 Å². The highest BCUT2D eigenvalue weighted by atomic mass is 32.3. The summed E-state index contributed by atoms with van der Waals surface area (Å²) in [6, 6.07) is 20.4. The molecular weight excluding hydrogens is 280 g/mol. The first kappa shape index (κ1) is 16.3. The summed E-state index contributed by atoms with van der Waals surface area (Å²) in [5.74, 6) is 0. The van der Waals surface area contributed by atoms with Crippen LogP contribution >= 0.6 is 0 Å². The van der Waals surface area contributed by atoms with Crippen LogP contribution in [0.3, 0.4) is 0 Å². The largest absolute Gasteiger partial charge is 0.394 e. The van der Waals surface area contributed by atoms with E-state index in [0.717, 1.165) is 0 Å². The first-order valence-corrected chi connectivity index (χ1v) is 7.20. The van der Waals surface area contributed by atoms with E-state index in [4.69, 9.17) is 22.3 Å². The Labute approximate surface area is 118 Å². The van der Waals surface area contributed by atoms with E-state index in [1.807, 2.05) is 36.4 Å². The highest BCUT2D eigenvalue weighted by Crippen LogP contribution is 2.05. The van der Waals surface area contributed by atoms with Gasteiger partial charge in [0.05, 0.1) is 13.2 Å². The molecule has 2 N–H and O–H groups in total. The van der Waals surface area contributed by atoms with Crippen LogP contribution in [-0.4, -0.2) is 17.5 Å². The van der Waals surface area contributed by atoms with Gasteiger partial charge in [-0.1, -0.05) is 60.7 Å². The third-order valence-corrected chi connectivity index (χ3v) is 2.22. The maximum Gasteiger partial charge on any atom is 0.394 e. The molecule has 0 amide bonds. The lowest BCUT2D eigenvalue weighted by molar-refractivity contribution is 0.107. The first-order chi connectivity index (χ1) is 9.45. The minimum atomic E-state index is -4.67. The number of ether oxygens (including phenoxy) is 1. The van der Waals surface area contributed by atoms with Crippen molar-refractivity contribution in [2.75, 3.05) is 0 Å². The summed E-state index contributed by atoms with van der Waals surface area (Å²) in [5, 5.41) is 0. The molecule has 0 aromatic heterocycles. The molecule has 2 aromatic rings. The summed E-state index contributed by atoms with van der Waals surface area (Å²) >= 11 is 0. The van der Waals surface area contributed by atoms with Gasteiger partial charge in [-0.3, -0.25) is 9.11 Å². The molecule has 0 fully saturated rings. The summed E-state index contributed by atoms with van der Waals surface area (Å²) in [5.41, 5.74) is 2.43. The minimum absolute atomic E-state index is 0.676. The van der Waals surface area contributed by atoms with Gasteiger partial charge >= 0.3 is 10.4 Å². The van der Waals surface area contributed by atoms with E-state index in [1.54, 1.807) is 0 Å². The van der Waals surface area contributed by atoms with Gasteiger partial charge in [0.1, 0.15) is 0 Å². The van der Waals surface area contributed by atoms with Gasteiger partial charge in [-0.25, -0.2) is 0 Å². The maximum atomic E-state index is 8.74. The Morgan fingerprint density at radius 1 is 0.750 bits per heavy atom. The fourth-order valence-corrected chi connectivity index (χ4v) is 1.44. The molecule has 6 heteroatoms. The molecule has 0 aliphatic heterocycles. The van der Waals surface area contributed by atoms with Crippen molar-refractivity contribution in [2.45, 2.75) is 13.2 Å². The van der Waals surface area contributed by atoms with Crippen LogP contribution in [-0.2, 0) is 28.3 Å². The lowest BCUT2D eigenvalue weighted by atomic mass is 10.2. The van der Waals surface area contributed by atoms with Gasteiger partial charge in [0, 0.05) is 0 Å². The van der Waals surface area contributed by atoms with Crippen molar-refractivity contribution in [1.29, 1.82) is 0 Å². The molecule has 2 rings (SSSR count). The zero-order valence-electron chi connectivity index (χ0n) is 10.7. The predicted molar refractivity (Wildman–Crippen MR) is 75.6 cm³/mol. The van der Waals surface area contributed by atoms with Crippen LogP contribution in [0.25, 0.3) is 0 Å². The Bertz CT molecular complexity index is 534. The highest BCUT2D eigenvalue weighted by Gasteiger charge is 1.93. The number of hydrogen-bond donors (Lipinski definition) is 2. The molecule has 0 saturated heterocycles. The standard InChI is InChI=1S/C14H14O.H2O4S/c1-3-7-13(8-4-1)11-15-12-14-9-5-2-6-10-14;1-5(2,3)4/h1-10H,11-12H2;(H2,1,2,3,4). The number of rotatable bonds is 4. The van der Waals surface area contributed by atoms with E-state index >= 15 is 0 Å². The minimum Gasteiger partial charge on any atom is -0.372 e. The molecule has 2 aromatic carbocycles. The first-order valence-electron chi connectivity index (χ1n) is 5.80. The molecule has 0 saturated carbocycles. The highest BCUT2D eigenvalue weighted by molar-refractivity contribution is 7.79. The molecule has 0 bridgehead atoms. The molecule has 0 heterocycles. The molecule has 20 heavy (non-hydrogen) atoms. The van der Waals surface area contributed by atoms with Crippen molar-refractivity contribution in [1.82, 2.24) is 0 Å².